The zero-order chi connectivity index (χ0) is 14.0. The first-order chi connectivity index (χ1) is 8.51. The van der Waals surface area contributed by atoms with Gasteiger partial charge in [0.05, 0.1) is 0 Å². The molecule has 0 bridgehead atoms. The zero-order valence-electron chi connectivity index (χ0n) is 10.9. The van der Waals surface area contributed by atoms with E-state index in [1.807, 2.05) is 6.92 Å². The van der Waals surface area contributed by atoms with E-state index in [2.05, 4.69) is 12.5 Å². The number of aliphatic hydroxyl groups excluding tert-OH is 1. The Balaban J connectivity index is 3.98. The summed E-state index contributed by atoms with van der Waals surface area (Å²) in [5.74, 6) is 2.49. The van der Waals surface area contributed by atoms with E-state index in [0.717, 1.165) is 6.42 Å². The molecular weight excluding hydrogens is 232 g/mol. The fourth-order valence-electron chi connectivity index (χ4n) is 1.07. The lowest BCUT2D eigenvalue weighted by atomic mass is 10.3. The van der Waals surface area contributed by atoms with Crippen LogP contribution in [-0.4, -0.2) is 30.4 Å². The van der Waals surface area contributed by atoms with Gasteiger partial charge in [-0.15, -0.1) is 6.42 Å². The fourth-order valence-corrected chi connectivity index (χ4v) is 1.07. The third-order valence-electron chi connectivity index (χ3n) is 1.96. The minimum absolute atomic E-state index is 0.0387. The zero-order valence-corrected chi connectivity index (χ0v) is 10.9. The molecule has 0 amide bonds. The molecule has 0 spiro atoms. The SMILES string of the molecule is C#CC=C(CCC)OCC(O)COC(=O)C(=C)C. The number of esters is 1. The summed E-state index contributed by atoms with van der Waals surface area (Å²) in [5, 5.41) is 9.55. The first-order valence-corrected chi connectivity index (χ1v) is 5.79. The number of carbonyl (C=O) groups is 1. The predicted octanol–water partition coefficient (Wildman–Crippen LogP) is 1.80. The monoisotopic (exact) mass is 252 g/mol. The largest absolute Gasteiger partial charge is 0.494 e. The number of ether oxygens (including phenoxy) is 2. The molecule has 0 aliphatic heterocycles. The first-order valence-electron chi connectivity index (χ1n) is 5.79. The van der Waals surface area contributed by atoms with Crippen molar-refractivity contribution < 1.29 is 19.4 Å². The van der Waals surface area contributed by atoms with E-state index in [-0.39, 0.29) is 13.2 Å². The van der Waals surface area contributed by atoms with Crippen LogP contribution in [0, 0.1) is 12.3 Å². The van der Waals surface area contributed by atoms with E-state index in [0.29, 0.717) is 17.8 Å². The molecule has 1 unspecified atom stereocenters. The summed E-state index contributed by atoms with van der Waals surface area (Å²) in [5.41, 5.74) is 0.294. The van der Waals surface area contributed by atoms with Crippen molar-refractivity contribution in [2.75, 3.05) is 13.2 Å². The average Bonchev–Trinajstić information content (AvgIpc) is 2.33. The van der Waals surface area contributed by atoms with E-state index in [9.17, 15) is 9.90 Å². The van der Waals surface area contributed by atoms with Gasteiger partial charge in [-0.05, 0) is 13.3 Å². The van der Waals surface area contributed by atoms with Gasteiger partial charge in [0.15, 0.2) is 0 Å². The smallest absolute Gasteiger partial charge is 0.333 e. The van der Waals surface area contributed by atoms with Gasteiger partial charge in [0.2, 0.25) is 0 Å². The molecule has 0 aliphatic carbocycles. The van der Waals surface area contributed by atoms with Crippen LogP contribution in [0.4, 0.5) is 0 Å². The molecule has 0 aromatic rings. The van der Waals surface area contributed by atoms with Gasteiger partial charge in [0.25, 0.3) is 0 Å². The van der Waals surface area contributed by atoms with Crippen molar-refractivity contribution in [1.82, 2.24) is 0 Å². The first kappa shape index (κ1) is 16.3. The highest BCUT2D eigenvalue weighted by molar-refractivity contribution is 5.86. The molecule has 1 N–H and O–H groups in total. The van der Waals surface area contributed by atoms with Crippen molar-refractivity contribution in [2.24, 2.45) is 0 Å². The Morgan fingerprint density at radius 2 is 2.11 bits per heavy atom. The van der Waals surface area contributed by atoms with Gasteiger partial charge in [-0.1, -0.05) is 19.4 Å². The quantitative estimate of drug-likeness (QED) is 0.310. The molecule has 4 nitrogen and oxygen atoms in total. The molecule has 0 rings (SSSR count). The molecular formula is C14H20O4. The van der Waals surface area contributed by atoms with E-state index < -0.39 is 12.1 Å². The molecule has 100 valence electrons. The number of hydrogen-bond acceptors (Lipinski definition) is 4. The molecule has 0 aromatic heterocycles. The molecule has 0 fully saturated rings. The summed E-state index contributed by atoms with van der Waals surface area (Å²) >= 11 is 0. The van der Waals surface area contributed by atoms with Crippen molar-refractivity contribution >= 4 is 5.97 Å². The minimum atomic E-state index is -0.883. The highest BCUT2D eigenvalue weighted by Gasteiger charge is 2.10. The van der Waals surface area contributed by atoms with Gasteiger partial charge in [0.1, 0.15) is 25.1 Å². The third-order valence-corrected chi connectivity index (χ3v) is 1.96. The van der Waals surface area contributed by atoms with Crippen LogP contribution in [0.5, 0.6) is 0 Å². The summed E-state index contributed by atoms with van der Waals surface area (Å²) in [6, 6.07) is 0. The van der Waals surface area contributed by atoms with Gasteiger partial charge in [-0.3, -0.25) is 0 Å². The van der Waals surface area contributed by atoms with E-state index in [1.54, 1.807) is 6.92 Å². The Hall–Kier alpha value is -1.73. The van der Waals surface area contributed by atoms with Crippen LogP contribution >= 0.6 is 0 Å². The molecule has 0 aliphatic rings. The highest BCUT2D eigenvalue weighted by Crippen LogP contribution is 2.07. The second-order valence-corrected chi connectivity index (χ2v) is 3.87. The minimum Gasteiger partial charge on any atom is -0.494 e. The lowest BCUT2D eigenvalue weighted by Crippen LogP contribution is -2.23. The Morgan fingerprint density at radius 3 is 2.61 bits per heavy atom. The van der Waals surface area contributed by atoms with Gasteiger partial charge >= 0.3 is 5.97 Å². The number of terminal acetylenes is 1. The van der Waals surface area contributed by atoms with Crippen LogP contribution in [-0.2, 0) is 14.3 Å². The van der Waals surface area contributed by atoms with Gasteiger partial charge in [0, 0.05) is 18.1 Å². The van der Waals surface area contributed by atoms with Crippen LogP contribution in [0.25, 0.3) is 0 Å². The fraction of sp³-hybridized carbons (Fsp3) is 0.500. The van der Waals surface area contributed by atoms with E-state index in [4.69, 9.17) is 15.9 Å². The number of hydrogen-bond donors (Lipinski definition) is 1. The average molecular weight is 252 g/mol. The van der Waals surface area contributed by atoms with Crippen molar-refractivity contribution in [3.8, 4) is 12.3 Å². The number of allylic oxidation sites excluding steroid dienone is 2. The standard InChI is InChI=1S/C14H20O4/c1-5-7-13(8-6-2)17-9-12(15)10-18-14(16)11(3)4/h1,7,12,15H,3,6,8-10H2,2,4H3. The molecule has 4 heteroatoms. The van der Waals surface area contributed by atoms with Crippen molar-refractivity contribution in [2.45, 2.75) is 32.8 Å². The molecule has 0 saturated carbocycles. The Labute approximate surface area is 108 Å². The molecule has 0 heterocycles. The van der Waals surface area contributed by atoms with E-state index in [1.165, 1.54) is 6.08 Å². The normalized spacial score (nSPS) is 12.4. The maximum absolute atomic E-state index is 11.1. The second kappa shape index (κ2) is 9.32. The summed E-state index contributed by atoms with van der Waals surface area (Å²) < 4.78 is 10.1. The topological polar surface area (TPSA) is 55.8 Å². The van der Waals surface area contributed by atoms with Crippen LogP contribution in [0.15, 0.2) is 24.0 Å². The summed E-state index contributed by atoms with van der Waals surface area (Å²) in [7, 11) is 0. The lowest BCUT2D eigenvalue weighted by molar-refractivity contribution is -0.142. The van der Waals surface area contributed by atoms with E-state index >= 15 is 0 Å². The lowest BCUT2D eigenvalue weighted by Gasteiger charge is -2.14. The van der Waals surface area contributed by atoms with Gasteiger partial charge in [-0.2, -0.15) is 0 Å². The molecule has 18 heavy (non-hydrogen) atoms. The van der Waals surface area contributed by atoms with Gasteiger partial charge < -0.3 is 14.6 Å². The maximum atomic E-state index is 11.1. The number of carbonyl (C=O) groups excluding carboxylic acids is 1. The molecule has 0 saturated heterocycles. The second-order valence-electron chi connectivity index (χ2n) is 3.87. The van der Waals surface area contributed by atoms with Gasteiger partial charge in [-0.25, -0.2) is 4.79 Å². The highest BCUT2D eigenvalue weighted by atomic mass is 16.5. The Morgan fingerprint density at radius 1 is 1.50 bits per heavy atom. The Kier molecular flexibility index (Phi) is 8.42. The Bertz CT molecular complexity index is 349. The summed E-state index contributed by atoms with van der Waals surface area (Å²) in [6.07, 6.45) is 7.40. The number of aliphatic hydroxyl groups is 1. The van der Waals surface area contributed by atoms with Crippen LogP contribution in [0.1, 0.15) is 26.7 Å². The van der Waals surface area contributed by atoms with Crippen LogP contribution in [0.2, 0.25) is 0 Å². The van der Waals surface area contributed by atoms with Crippen molar-refractivity contribution in [1.29, 1.82) is 0 Å². The molecule has 0 aromatic carbocycles. The maximum Gasteiger partial charge on any atom is 0.333 e. The van der Waals surface area contributed by atoms with Crippen LogP contribution < -0.4 is 0 Å². The summed E-state index contributed by atoms with van der Waals surface area (Å²) in [6.45, 7) is 6.89. The third kappa shape index (κ3) is 7.53. The van der Waals surface area contributed by atoms with Crippen molar-refractivity contribution in [3.05, 3.63) is 24.0 Å². The molecule has 0 radical (unpaired) electrons. The number of rotatable bonds is 8. The van der Waals surface area contributed by atoms with Crippen LogP contribution in [0.3, 0.4) is 0 Å². The molecule has 1 atom stereocenters. The predicted molar refractivity (Wildman–Crippen MR) is 69.6 cm³/mol. The summed E-state index contributed by atoms with van der Waals surface area (Å²) in [4.78, 5) is 11.1. The van der Waals surface area contributed by atoms with Crippen molar-refractivity contribution in [3.63, 3.8) is 0 Å².